The van der Waals surface area contributed by atoms with Gasteiger partial charge in [-0.25, -0.2) is 4.98 Å². The summed E-state index contributed by atoms with van der Waals surface area (Å²) in [6.45, 7) is 1.90. The molecule has 0 aromatic carbocycles. The number of aryl methyl sites for hydroxylation is 1. The van der Waals surface area contributed by atoms with Crippen molar-refractivity contribution in [1.29, 1.82) is 0 Å². The lowest BCUT2D eigenvalue weighted by atomic mass is 10.2. The molecule has 0 saturated carbocycles. The highest BCUT2D eigenvalue weighted by Gasteiger charge is 2.19. The van der Waals surface area contributed by atoms with Crippen molar-refractivity contribution >= 4 is 22.4 Å². The second-order valence-electron chi connectivity index (χ2n) is 4.71. The van der Waals surface area contributed by atoms with Gasteiger partial charge in [-0.1, -0.05) is 0 Å². The zero-order valence-electron chi connectivity index (χ0n) is 10.9. The van der Waals surface area contributed by atoms with Crippen molar-refractivity contribution in [3.05, 3.63) is 28.5 Å². The zero-order valence-corrected chi connectivity index (χ0v) is 11.7. The maximum absolute atomic E-state index is 12.0. The molecule has 0 spiro atoms. The molecule has 1 N–H and O–H groups in total. The van der Waals surface area contributed by atoms with Crippen LogP contribution in [0.25, 0.3) is 0 Å². The van der Waals surface area contributed by atoms with E-state index in [0.29, 0.717) is 10.8 Å². The first kappa shape index (κ1) is 12.3. The summed E-state index contributed by atoms with van der Waals surface area (Å²) in [4.78, 5) is 20.0. The van der Waals surface area contributed by atoms with Gasteiger partial charge in [0.05, 0.1) is 5.69 Å². The number of likely N-dealkylation sites (N-methyl/N-ethyl adjacent to an activating group) is 1. The second-order valence-corrected chi connectivity index (χ2v) is 5.79. The van der Waals surface area contributed by atoms with E-state index >= 15 is 0 Å². The van der Waals surface area contributed by atoms with E-state index < -0.39 is 0 Å². The van der Waals surface area contributed by atoms with E-state index in [9.17, 15) is 4.79 Å². The van der Waals surface area contributed by atoms with Gasteiger partial charge < -0.3 is 4.90 Å². The Kier molecular flexibility index (Phi) is 3.08. The van der Waals surface area contributed by atoms with E-state index in [0.717, 1.165) is 25.2 Å². The molecular formula is C12H15N5OS. The summed E-state index contributed by atoms with van der Waals surface area (Å²) in [7, 11) is 3.86. The predicted octanol–water partition coefficient (Wildman–Crippen LogP) is 1.12. The molecule has 2 aromatic rings. The summed E-state index contributed by atoms with van der Waals surface area (Å²) in [5, 5.41) is 7.55. The number of amides is 1. The average molecular weight is 277 g/mol. The minimum Gasteiger partial charge on any atom is -0.300 e. The van der Waals surface area contributed by atoms with Crippen molar-refractivity contribution in [1.82, 2.24) is 19.7 Å². The molecule has 0 saturated heterocycles. The summed E-state index contributed by atoms with van der Waals surface area (Å²) >= 11 is 1.56. The number of aromatic nitrogens is 3. The van der Waals surface area contributed by atoms with E-state index in [1.165, 1.54) is 4.88 Å². The van der Waals surface area contributed by atoms with Crippen LogP contribution in [-0.4, -0.2) is 39.2 Å². The molecular weight excluding hydrogens is 262 g/mol. The number of nitrogens with zero attached hydrogens (tertiary/aromatic N) is 4. The standard InChI is InChI=1S/C12H15N5OS/c1-16-5-4-10-9(7-16)13-12(19-10)14-11(18)8-3-6-17(2)15-8/h3,6H,4-5,7H2,1-2H3,(H,13,14,18). The summed E-state index contributed by atoms with van der Waals surface area (Å²) < 4.78 is 1.61. The van der Waals surface area contributed by atoms with Gasteiger partial charge in [0.1, 0.15) is 0 Å². The van der Waals surface area contributed by atoms with Gasteiger partial charge in [-0.2, -0.15) is 5.10 Å². The van der Waals surface area contributed by atoms with Crippen LogP contribution in [0.5, 0.6) is 0 Å². The quantitative estimate of drug-likeness (QED) is 0.893. The molecule has 0 radical (unpaired) electrons. The van der Waals surface area contributed by atoms with Gasteiger partial charge in [-0.05, 0) is 19.5 Å². The summed E-state index contributed by atoms with van der Waals surface area (Å²) in [6.07, 6.45) is 2.75. The molecule has 6 nitrogen and oxygen atoms in total. The Hall–Kier alpha value is -1.73. The molecule has 0 bridgehead atoms. The maximum atomic E-state index is 12.0. The Morgan fingerprint density at radius 1 is 1.47 bits per heavy atom. The van der Waals surface area contributed by atoms with Crippen molar-refractivity contribution in [2.45, 2.75) is 13.0 Å². The first-order valence-electron chi connectivity index (χ1n) is 6.10. The highest BCUT2D eigenvalue weighted by molar-refractivity contribution is 7.15. The lowest BCUT2D eigenvalue weighted by Gasteiger charge is -2.20. The topological polar surface area (TPSA) is 63.1 Å². The normalized spacial score (nSPS) is 15.3. The molecule has 7 heteroatoms. The van der Waals surface area contributed by atoms with E-state index in [1.54, 1.807) is 35.3 Å². The number of hydrogen-bond acceptors (Lipinski definition) is 5. The third kappa shape index (κ3) is 2.52. The van der Waals surface area contributed by atoms with Crippen LogP contribution in [0.4, 0.5) is 5.13 Å². The largest absolute Gasteiger partial charge is 0.300 e. The molecule has 3 rings (SSSR count). The Morgan fingerprint density at radius 3 is 3.05 bits per heavy atom. The van der Waals surface area contributed by atoms with Crippen molar-refractivity contribution in [3.8, 4) is 0 Å². The molecule has 1 amide bonds. The number of carbonyl (C=O) groups excluding carboxylic acids is 1. The van der Waals surface area contributed by atoms with Crippen molar-refractivity contribution in [2.75, 3.05) is 18.9 Å². The van der Waals surface area contributed by atoms with Crippen LogP contribution >= 0.6 is 11.3 Å². The van der Waals surface area contributed by atoms with Crippen molar-refractivity contribution < 1.29 is 4.79 Å². The van der Waals surface area contributed by atoms with Gasteiger partial charge in [0.2, 0.25) is 0 Å². The van der Waals surface area contributed by atoms with Crippen LogP contribution in [-0.2, 0) is 20.0 Å². The van der Waals surface area contributed by atoms with Gasteiger partial charge in [0.15, 0.2) is 10.8 Å². The third-order valence-corrected chi connectivity index (χ3v) is 4.16. The molecule has 1 aliphatic heterocycles. The number of nitrogens with one attached hydrogen (secondary N) is 1. The molecule has 0 fully saturated rings. The molecule has 2 aromatic heterocycles. The number of thiazole rings is 1. The number of carbonyl (C=O) groups is 1. The van der Waals surface area contributed by atoms with Gasteiger partial charge in [-0.15, -0.1) is 11.3 Å². The molecule has 0 atom stereocenters. The lowest BCUT2D eigenvalue weighted by Crippen LogP contribution is -2.25. The fourth-order valence-corrected chi connectivity index (χ4v) is 3.03. The van der Waals surface area contributed by atoms with Crippen LogP contribution in [0.3, 0.4) is 0 Å². The average Bonchev–Trinajstić information content (AvgIpc) is 2.94. The molecule has 0 unspecified atom stereocenters. The Morgan fingerprint density at radius 2 is 2.32 bits per heavy atom. The Balaban J connectivity index is 1.75. The number of fused-ring (bicyclic) bond motifs is 1. The highest BCUT2D eigenvalue weighted by atomic mass is 32.1. The highest BCUT2D eigenvalue weighted by Crippen LogP contribution is 2.27. The fourth-order valence-electron chi connectivity index (χ4n) is 2.08. The van der Waals surface area contributed by atoms with E-state index in [-0.39, 0.29) is 5.91 Å². The Bertz CT molecular complexity index is 617. The third-order valence-electron chi connectivity index (χ3n) is 3.09. The van der Waals surface area contributed by atoms with Gasteiger partial charge in [-0.3, -0.25) is 14.8 Å². The number of anilines is 1. The lowest BCUT2D eigenvalue weighted by molar-refractivity contribution is 0.102. The number of rotatable bonds is 2. The van der Waals surface area contributed by atoms with Crippen LogP contribution < -0.4 is 5.32 Å². The van der Waals surface area contributed by atoms with Crippen LogP contribution in [0, 0.1) is 0 Å². The molecule has 1 aliphatic rings. The second kappa shape index (κ2) is 4.75. The molecule has 19 heavy (non-hydrogen) atoms. The minimum atomic E-state index is -0.208. The SMILES string of the molecule is CN1CCc2sc(NC(=O)c3ccn(C)n3)nc2C1. The summed E-state index contributed by atoms with van der Waals surface area (Å²) in [5.41, 5.74) is 1.49. The monoisotopic (exact) mass is 277 g/mol. The summed E-state index contributed by atoms with van der Waals surface area (Å²) in [6, 6.07) is 1.69. The first-order chi connectivity index (χ1) is 9.11. The smallest absolute Gasteiger partial charge is 0.277 e. The van der Waals surface area contributed by atoms with Crippen molar-refractivity contribution in [2.24, 2.45) is 7.05 Å². The minimum absolute atomic E-state index is 0.208. The molecule has 0 aliphatic carbocycles. The number of hydrogen-bond donors (Lipinski definition) is 1. The zero-order chi connectivity index (χ0) is 13.4. The predicted molar refractivity (Wildman–Crippen MR) is 73.3 cm³/mol. The van der Waals surface area contributed by atoms with E-state index in [2.05, 4.69) is 27.3 Å². The molecule has 100 valence electrons. The fraction of sp³-hybridized carbons (Fsp3) is 0.417. The molecule has 3 heterocycles. The summed E-state index contributed by atoms with van der Waals surface area (Å²) in [5.74, 6) is -0.208. The van der Waals surface area contributed by atoms with E-state index in [1.807, 2.05) is 0 Å². The first-order valence-corrected chi connectivity index (χ1v) is 6.91. The van der Waals surface area contributed by atoms with Crippen molar-refractivity contribution in [3.63, 3.8) is 0 Å². The van der Waals surface area contributed by atoms with Crippen LogP contribution in [0.1, 0.15) is 21.1 Å². The van der Waals surface area contributed by atoms with Crippen LogP contribution in [0.15, 0.2) is 12.3 Å². The van der Waals surface area contributed by atoms with Gasteiger partial charge >= 0.3 is 0 Å². The van der Waals surface area contributed by atoms with Crippen LogP contribution in [0.2, 0.25) is 0 Å². The van der Waals surface area contributed by atoms with Gasteiger partial charge in [0.25, 0.3) is 5.91 Å². The maximum Gasteiger partial charge on any atom is 0.277 e. The Labute approximate surface area is 115 Å². The van der Waals surface area contributed by atoms with E-state index in [4.69, 9.17) is 0 Å². The van der Waals surface area contributed by atoms with Gasteiger partial charge in [0, 0.05) is 31.2 Å².